The summed E-state index contributed by atoms with van der Waals surface area (Å²) in [5.41, 5.74) is 0.124. The lowest BCUT2D eigenvalue weighted by atomic mass is 10.0. The Morgan fingerprint density at radius 3 is 2.70 bits per heavy atom. The third-order valence-electron chi connectivity index (χ3n) is 3.97. The van der Waals surface area contributed by atoms with E-state index < -0.39 is 11.2 Å². The minimum atomic E-state index is -0.507. The van der Waals surface area contributed by atoms with Crippen LogP contribution in [0.4, 0.5) is 0 Å². The minimum absolute atomic E-state index is 0.0854. The molecular formula is C14H21N3O3. The van der Waals surface area contributed by atoms with Crippen LogP contribution in [0.1, 0.15) is 43.9 Å². The molecule has 110 valence electrons. The predicted octanol–water partition coefficient (Wildman–Crippen LogP) is 0.705. The van der Waals surface area contributed by atoms with E-state index in [1.165, 1.54) is 6.42 Å². The molecule has 6 heteroatoms. The number of likely N-dealkylation sites (tertiary alicyclic amines) is 1. The van der Waals surface area contributed by atoms with Crippen LogP contribution >= 0.6 is 0 Å². The molecule has 0 spiro atoms. The van der Waals surface area contributed by atoms with E-state index in [-0.39, 0.29) is 11.9 Å². The van der Waals surface area contributed by atoms with Crippen LogP contribution in [0.15, 0.2) is 9.59 Å². The molecule has 1 fully saturated rings. The second kappa shape index (κ2) is 6.07. The second-order valence-corrected chi connectivity index (χ2v) is 5.44. The molecule has 6 nitrogen and oxygen atoms in total. The Kier molecular flexibility index (Phi) is 4.42. The zero-order valence-electron chi connectivity index (χ0n) is 12.0. The van der Waals surface area contributed by atoms with Crippen molar-refractivity contribution in [3.05, 3.63) is 32.1 Å². The molecule has 0 saturated carbocycles. The van der Waals surface area contributed by atoms with Gasteiger partial charge < -0.3 is 9.88 Å². The summed E-state index contributed by atoms with van der Waals surface area (Å²) in [6.45, 7) is 4.55. The molecule has 1 aliphatic rings. The zero-order valence-corrected chi connectivity index (χ0v) is 12.0. The highest BCUT2D eigenvalue weighted by molar-refractivity contribution is 5.76. The Morgan fingerprint density at radius 2 is 2.05 bits per heavy atom. The third-order valence-corrected chi connectivity index (χ3v) is 3.97. The monoisotopic (exact) mass is 279 g/mol. The standard InChI is InChI=1S/C14H21N3O3/c1-9-5-3-4-8-17(9)12(18)7-6-11-10(2)15-14(20)16-13(11)19/h9H,3-8H2,1-2H3,(H2,15,16,19,20)/t9-/m0/s1. The lowest BCUT2D eigenvalue weighted by Crippen LogP contribution is -2.42. The average Bonchev–Trinajstić information content (AvgIpc) is 2.37. The van der Waals surface area contributed by atoms with Gasteiger partial charge in [0.05, 0.1) is 0 Å². The summed E-state index contributed by atoms with van der Waals surface area (Å²) >= 11 is 0. The first-order valence-electron chi connectivity index (χ1n) is 7.10. The lowest BCUT2D eigenvalue weighted by Gasteiger charge is -2.33. The SMILES string of the molecule is Cc1[nH]c(=O)[nH]c(=O)c1CCC(=O)N1CCCC[C@@H]1C. The molecule has 0 bridgehead atoms. The Bertz CT molecular complexity index is 602. The van der Waals surface area contributed by atoms with Crippen molar-refractivity contribution >= 4 is 5.91 Å². The smallest absolute Gasteiger partial charge is 0.325 e. The van der Waals surface area contributed by atoms with Gasteiger partial charge in [-0.25, -0.2) is 4.79 Å². The first-order valence-corrected chi connectivity index (χ1v) is 7.10. The highest BCUT2D eigenvalue weighted by Crippen LogP contribution is 2.17. The van der Waals surface area contributed by atoms with E-state index >= 15 is 0 Å². The quantitative estimate of drug-likeness (QED) is 0.854. The highest BCUT2D eigenvalue weighted by atomic mass is 16.2. The molecule has 1 aliphatic heterocycles. The van der Waals surface area contributed by atoms with Crippen LogP contribution < -0.4 is 11.2 Å². The first-order chi connectivity index (χ1) is 9.49. The van der Waals surface area contributed by atoms with Gasteiger partial charge in [-0.2, -0.15) is 0 Å². The van der Waals surface area contributed by atoms with E-state index in [1.807, 2.05) is 4.90 Å². The maximum absolute atomic E-state index is 12.2. The molecule has 0 radical (unpaired) electrons. The molecule has 2 rings (SSSR count). The normalized spacial score (nSPS) is 19.1. The summed E-state index contributed by atoms with van der Waals surface area (Å²) in [7, 11) is 0. The molecule has 0 aliphatic carbocycles. The molecule has 1 aromatic heterocycles. The summed E-state index contributed by atoms with van der Waals surface area (Å²) < 4.78 is 0. The molecular weight excluding hydrogens is 258 g/mol. The number of piperidine rings is 1. The lowest BCUT2D eigenvalue weighted by molar-refractivity contribution is -0.134. The van der Waals surface area contributed by atoms with Crippen molar-refractivity contribution in [2.75, 3.05) is 6.54 Å². The molecule has 2 heterocycles. The molecule has 0 unspecified atom stereocenters. The number of H-pyrrole nitrogens is 2. The summed E-state index contributed by atoms with van der Waals surface area (Å²) in [6, 6.07) is 0.284. The topological polar surface area (TPSA) is 86.0 Å². The molecule has 1 saturated heterocycles. The van der Waals surface area contributed by atoms with Crippen molar-refractivity contribution in [1.82, 2.24) is 14.9 Å². The number of aromatic amines is 2. The molecule has 2 N–H and O–H groups in total. The number of rotatable bonds is 3. The van der Waals surface area contributed by atoms with Gasteiger partial charge in [0.1, 0.15) is 0 Å². The zero-order chi connectivity index (χ0) is 14.7. The van der Waals surface area contributed by atoms with Gasteiger partial charge in [-0.3, -0.25) is 14.6 Å². The molecule has 1 atom stereocenters. The summed E-state index contributed by atoms with van der Waals surface area (Å²) in [5, 5.41) is 0. The van der Waals surface area contributed by atoms with Crippen molar-refractivity contribution in [2.45, 2.75) is 52.0 Å². The Balaban J connectivity index is 2.03. The van der Waals surface area contributed by atoms with E-state index in [0.717, 1.165) is 19.4 Å². The fourth-order valence-corrected chi connectivity index (χ4v) is 2.77. The summed E-state index contributed by atoms with van der Waals surface area (Å²) in [5.74, 6) is 0.0854. The number of hydrogen-bond donors (Lipinski definition) is 2. The van der Waals surface area contributed by atoms with Crippen LogP contribution in [-0.4, -0.2) is 33.4 Å². The predicted molar refractivity (Wildman–Crippen MR) is 75.8 cm³/mol. The maximum Gasteiger partial charge on any atom is 0.325 e. The van der Waals surface area contributed by atoms with Gasteiger partial charge in [0, 0.05) is 30.3 Å². The van der Waals surface area contributed by atoms with Crippen molar-refractivity contribution < 1.29 is 4.79 Å². The number of nitrogens with one attached hydrogen (secondary N) is 2. The van der Waals surface area contributed by atoms with Crippen molar-refractivity contribution in [3.63, 3.8) is 0 Å². The minimum Gasteiger partial charge on any atom is -0.340 e. The molecule has 1 aromatic rings. The van der Waals surface area contributed by atoms with Gasteiger partial charge in [-0.05, 0) is 39.5 Å². The van der Waals surface area contributed by atoms with Crippen LogP contribution in [0.25, 0.3) is 0 Å². The van der Waals surface area contributed by atoms with E-state index in [0.29, 0.717) is 24.1 Å². The van der Waals surface area contributed by atoms with Gasteiger partial charge in [0.25, 0.3) is 5.56 Å². The first kappa shape index (κ1) is 14.6. The van der Waals surface area contributed by atoms with Crippen molar-refractivity contribution in [3.8, 4) is 0 Å². The van der Waals surface area contributed by atoms with Crippen LogP contribution in [0.3, 0.4) is 0 Å². The van der Waals surface area contributed by atoms with E-state index in [1.54, 1.807) is 6.92 Å². The van der Waals surface area contributed by atoms with E-state index in [2.05, 4.69) is 16.9 Å². The van der Waals surface area contributed by atoms with E-state index in [9.17, 15) is 14.4 Å². The van der Waals surface area contributed by atoms with Gasteiger partial charge in [0.2, 0.25) is 5.91 Å². The Labute approximate surface area is 117 Å². The summed E-state index contributed by atoms with van der Waals surface area (Å²) in [4.78, 5) is 41.7. The van der Waals surface area contributed by atoms with Gasteiger partial charge in [0.15, 0.2) is 0 Å². The van der Waals surface area contributed by atoms with Crippen LogP contribution in [0.2, 0.25) is 0 Å². The number of nitrogens with zero attached hydrogens (tertiary/aromatic N) is 1. The highest BCUT2D eigenvalue weighted by Gasteiger charge is 2.23. The molecule has 20 heavy (non-hydrogen) atoms. The third kappa shape index (κ3) is 3.18. The Hall–Kier alpha value is -1.85. The van der Waals surface area contributed by atoms with Crippen LogP contribution in [0.5, 0.6) is 0 Å². The van der Waals surface area contributed by atoms with Gasteiger partial charge >= 0.3 is 5.69 Å². The van der Waals surface area contributed by atoms with E-state index in [4.69, 9.17) is 0 Å². The maximum atomic E-state index is 12.2. The van der Waals surface area contributed by atoms with Crippen molar-refractivity contribution in [2.24, 2.45) is 0 Å². The van der Waals surface area contributed by atoms with Crippen molar-refractivity contribution in [1.29, 1.82) is 0 Å². The fraction of sp³-hybridized carbons (Fsp3) is 0.643. The number of hydrogen-bond acceptors (Lipinski definition) is 3. The largest absolute Gasteiger partial charge is 0.340 e. The number of amides is 1. The number of aromatic nitrogens is 2. The Morgan fingerprint density at radius 1 is 1.30 bits per heavy atom. The number of aryl methyl sites for hydroxylation is 1. The van der Waals surface area contributed by atoms with Gasteiger partial charge in [-0.15, -0.1) is 0 Å². The molecule has 1 amide bonds. The number of carbonyl (C=O) groups is 1. The van der Waals surface area contributed by atoms with Crippen LogP contribution in [-0.2, 0) is 11.2 Å². The average molecular weight is 279 g/mol. The van der Waals surface area contributed by atoms with Crippen LogP contribution in [0, 0.1) is 6.92 Å². The molecule has 0 aromatic carbocycles. The summed E-state index contributed by atoms with van der Waals surface area (Å²) in [6.07, 6.45) is 3.93. The number of carbonyl (C=O) groups excluding carboxylic acids is 1. The fourth-order valence-electron chi connectivity index (χ4n) is 2.77. The second-order valence-electron chi connectivity index (χ2n) is 5.44. The van der Waals surface area contributed by atoms with Gasteiger partial charge in [-0.1, -0.05) is 0 Å².